The highest BCUT2D eigenvalue weighted by atomic mass is 19.1. The molecule has 1 heterocycles. The molecule has 0 amide bonds. The van der Waals surface area contributed by atoms with Crippen molar-refractivity contribution >= 4 is 0 Å². The van der Waals surface area contributed by atoms with Gasteiger partial charge in [0.1, 0.15) is 11.6 Å². The molecule has 0 unspecified atom stereocenters. The van der Waals surface area contributed by atoms with E-state index in [0.29, 0.717) is 11.7 Å². The summed E-state index contributed by atoms with van der Waals surface area (Å²) in [6.45, 7) is 1.93. The molecule has 2 nitrogen and oxygen atoms in total. The molecule has 15 heavy (non-hydrogen) atoms. The minimum absolute atomic E-state index is 0.150. The van der Waals surface area contributed by atoms with E-state index in [9.17, 15) is 4.39 Å². The lowest BCUT2D eigenvalue weighted by Crippen LogP contribution is -2.28. The third kappa shape index (κ3) is 2.29. The Hall–Kier alpha value is -1.09. The first-order chi connectivity index (χ1) is 7.31. The van der Waals surface area contributed by atoms with E-state index in [1.807, 2.05) is 12.1 Å². The monoisotopic (exact) mass is 209 g/mol. The molecule has 1 fully saturated rings. The molecule has 0 radical (unpaired) electrons. The van der Waals surface area contributed by atoms with Crippen molar-refractivity contribution in [2.75, 3.05) is 20.2 Å². The van der Waals surface area contributed by atoms with Crippen LogP contribution in [0, 0.1) is 5.82 Å². The third-order valence-corrected chi connectivity index (χ3v) is 2.94. The fraction of sp³-hybridized carbons (Fsp3) is 0.500. The molecule has 1 saturated heterocycles. The predicted molar refractivity (Wildman–Crippen MR) is 57.8 cm³/mol. The van der Waals surface area contributed by atoms with Gasteiger partial charge in [0, 0.05) is 12.6 Å². The van der Waals surface area contributed by atoms with Crippen molar-refractivity contribution in [3.05, 3.63) is 29.6 Å². The first kappa shape index (κ1) is 10.4. The molecule has 1 N–H and O–H groups in total. The fourth-order valence-electron chi connectivity index (χ4n) is 2.08. The van der Waals surface area contributed by atoms with Crippen LogP contribution in [0.5, 0.6) is 5.75 Å². The van der Waals surface area contributed by atoms with Gasteiger partial charge in [0.15, 0.2) is 0 Å². The van der Waals surface area contributed by atoms with Gasteiger partial charge in [0.2, 0.25) is 0 Å². The van der Waals surface area contributed by atoms with Crippen LogP contribution in [-0.2, 0) is 0 Å². The summed E-state index contributed by atoms with van der Waals surface area (Å²) in [5.41, 5.74) is 0.808. The second kappa shape index (κ2) is 4.62. The second-order valence-corrected chi connectivity index (χ2v) is 3.93. The van der Waals surface area contributed by atoms with Gasteiger partial charge in [-0.3, -0.25) is 0 Å². The molecule has 0 bridgehead atoms. The Labute approximate surface area is 89.4 Å². The van der Waals surface area contributed by atoms with Gasteiger partial charge >= 0.3 is 0 Å². The van der Waals surface area contributed by atoms with Crippen molar-refractivity contribution < 1.29 is 9.13 Å². The van der Waals surface area contributed by atoms with Crippen molar-refractivity contribution in [3.8, 4) is 5.75 Å². The number of benzene rings is 1. The average molecular weight is 209 g/mol. The topological polar surface area (TPSA) is 21.3 Å². The summed E-state index contributed by atoms with van der Waals surface area (Å²) < 4.78 is 18.7. The normalized spacial score (nSPS) is 21.3. The molecule has 2 rings (SSSR count). The Morgan fingerprint density at radius 2 is 2.33 bits per heavy atom. The highest BCUT2D eigenvalue weighted by Gasteiger charge is 2.18. The molecule has 0 spiro atoms. The fourth-order valence-corrected chi connectivity index (χ4v) is 2.08. The van der Waals surface area contributed by atoms with Gasteiger partial charge in [-0.25, -0.2) is 4.39 Å². The number of halogens is 1. The zero-order valence-electron chi connectivity index (χ0n) is 8.92. The van der Waals surface area contributed by atoms with Crippen LogP contribution in [-0.4, -0.2) is 20.2 Å². The summed E-state index contributed by atoms with van der Waals surface area (Å²) >= 11 is 0. The SMILES string of the molecule is COc1ccc([C@@H]2CCCNC2)c(F)c1. The number of ether oxygens (including phenoxy) is 1. The summed E-state index contributed by atoms with van der Waals surface area (Å²) in [5.74, 6) is 0.743. The quantitative estimate of drug-likeness (QED) is 0.807. The molecule has 1 aliphatic heterocycles. The maximum atomic E-state index is 13.7. The summed E-state index contributed by atoms with van der Waals surface area (Å²) in [5, 5.41) is 3.29. The summed E-state index contributed by atoms with van der Waals surface area (Å²) in [4.78, 5) is 0. The molecule has 1 aromatic carbocycles. The van der Waals surface area contributed by atoms with Crippen LogP contribution in [0.25, 0.3) is 0 Å². The largest absolute Gasteiger partial charge is 0.497 e. The van der Waals surface area contributed by atoms with Crippen molar-refractivity contribution in [1.82, 2.24) is 5.32 Å². The van der Waals surface area contributed by atoms with Gasteiger partial charge in [0.25, 0.3) is 0 Å². The van der Waals surface area contributed by atoms with Crippen LogP contribution in [0.4, 0.5) is 4.39 Å². The van der Waals surface area contributed by atoms with Gasteiger partial charge in [-0.2, -0.15) is 0 Å². The van der Waals surface area contributed by atoms with E-state index in [0.717, 1.165) is 31.5 Å². The molecule has 82 valence electrons. The maximum absolute atomic E-state index is 13.7. The number of nitrogens with one attached hydrogen (secondary N) is 1. The van der Waals surface area contributed by atoms with Crippen LogP contribution >= 0.6 is 0 Å². The van der Waals surface area contributed by atoms with Crippen LogP contribution in [0.2, 0.25) is 0 Å². The second-order valence-electron chi connectivity index (χ2n) is 3.93. The molecular weight excluding hydrogens is 193 g/mol. The van der Waals surface area contributed by atoms with Gasteiger partial charge in [-0.15, -0.1) is 0 Å². The average Bonchev–Trinajstić information content (AvgIpc) is 2.30. The van der Waals surface area contributed by atoms with Crippen molar-refractivity contribution in [3.63, 3.8) is 0 Å². The van der Waals surface area contributed by atoms with E-state index >= 15 is 0 Å². The lowest BCUT2D eigenvalue weighted by molar-refractivity contribution is 0.407. The Morgan fingerprint density at radius 1 is 1.47 bits per heavy atom. The number of hydrogen-bond acceptors (Lipinski definition) is 2. The Morgan fingerprint density at radius 3 is 2.93 bits per heavy atom. The standard InChI is InChI=1S/C12H16FNO/c1-15-10-4-5-11(12(13)7-10)9-3-2-6-14-8-9/h4-5,7,9,14H,2-3,6,8H2,1H3/t9-/m1/s1. The first-order valence-electron chi connectivity index (χ1n) is 5.35. The van der Waals surface area contributed by atoms with Crippen LogP contribution in [0.3, 0.4) is 0 Å². The van der Waals surface area contributed by atoms with Gasteiger partial charge in [-0.05, 0) is 36.9 Å². The molecule has 0 aliphatic carbocycles. The van der Waals surface area contributed by atoms with Crippen LogP contribution in [0.1, 0.15) is 24.3 Å². The lowest BCUT2D eigenvalue weighted by atomic mass is 9.91. The zero-order chi connectivity index (χ0) is 10.7. The smallest absolute Gasteiger partial charge is 0.130 e. The summed E-state index contributed by atoms with van der Waals surface area (Å²) in [7, 11) is 1.55. The predicted octanol–water partition coefficient (Wildman–Crippen LogP) is 2.30. The Kier molecular flexibility index (Phi) is 3.21. The van der Waals surface area contributed by atoms with Gasteiger partial charge in [-0.1, -0.05) is 6.07 Å². The number of methoxy groups -OCH3 is 1. The van der Waals surface area contributed by atoms with Crippen LogP contribution in [0.15, 0.2) is 18.2 Å². The van der Waals surface area contributed by atoms with Crippen LogP contribution < -0.4 is 10.1 Å². The zero-order valence-corrected chi connectivity index (χ0v) is 8.92. The van der Waals surface area contributed by atoms with Gasteiger partial charge in [0.05, 0.1) is 7.11 Å². The molecule has 1 aromatic rings. The number of hydrogen-bond donors (Lipinski definition) is 1. The van der Waals surface area contributed by atoms with E-state index < -0.39 is 0 Å². The summed E-state index contributed by atoms with van der Waals surface area (Å²) in [6.07, 6.45) is 2.19. The third-order valence-electron chi connectivity index (χ3n) is 2.94. The van der Waals surface area contributed by atoms with E-state index in [1.165, 1.54) is 6.07 Å². The highest BCUT2D eigenvalue weighted by molar-refractivity contribution is 5.31. The highest BCUT2D eigenvalue weighted by Crippen LogP contribution is 2.27. The minimum atomic E-state index is -0.150. The summed E-state index contributed by atoms with van der Waals surface area (Å²) in [6, 6.07) is 5.13. The van der Waals surface area contributed by atoms with Crippen molar-refractivity contribution in [2.45, 2.75) is 18.8 Å². The van der Waals surface area contributed by atoms with E-state index in [2.05, 4.69) is 5.32 Å². The number of piperidine rings is 1. The van der Waals surface area contributed by atoms with E-state index in [4.69, 9.17) is 4.74 Å². The first-order valence-corrected chi connectivity index (χ1v) is 5.35. The minimum Gasteiger partial charge on any atom is -0.497 e. The molecule has 1 aliphatic rings. The van der Waals surface area contributed by atoms with Crippen molar-refractivity contribution in [1.29, 1.82) is 0 Å². The van der Waals surface area contributed by atoms with E-state index in [-0.39, 0.29) is 5.82 Å². The Bertz CT molecular complexity index is 334. The van der Waals surface area contributed by atoms with Gasteiger partial charge < -0.3 is 10.1 Å². The molecule has 3 heteroatoms. The molecule has 0 saturated carbocycles. The molecule has 1 atom stereocenters. The van der Waals surface area contributed by atoms with E-state index in [1.54, 1.807) is 7.11 Å². The lowest BCUT2D eigenvalue weighted by Gasteiger charge is -2.23. The molecular formula is C12H16FNO. The van der Waals surface area contributed by atoms with Crippen molar-refractivity contribution in [2.24, 2.45) is 0 Å². The Balaban J connectivity index is 2.19. The maximum Gasteiger partial charge on any atom is 0.130 e. The number of rotatable bonds is 2. The molecule has 0 aromatic heterocycles.